The van der Waals surface area contributed by atoms with Gasteiger partial charge in [0.2, 0.25) is 5.91 Å². The minimum Gasteiger partial charge on any atom is -0.493 e. The second-order valence-corrected chi connectivity index (χ2v) is 9.77. The van der Waals surface area contributed by atoms with Crippen LogP contribution in [0.5, 0.6) is 5.75 Å². The molecule has 0 aliphatic carbocycles. The Kier molecular flexibility index (Phi) is 8.54. The first-order chi connectivity index (χ1) is 17.0. The van der Waals surface area contributed by atoms with E-state index in [1.807, 2.05) is 35.2 Å². The Morgan fingerprint density at radius 2 is 1.69 bits per heavy atom. The Balaban J connectivity index is 1.49. The van der Waals surface area contributed by atoms with Gasteiger partial charge in [-0.05, 0) is 66.3 Å². The van der Waals surface area contributed by atoms with E-state index in [-0.39, 0.29) is 23.8 Å². The average Bonchev–Trinajstić information content (AvgIpc) is 2.88. The lowest BCUT2D eigenvalue weighted by Crippen LogP contribution is -2.47. The highest BCUT2D eigenvalue weighted by atomic mass is 19.1. The fourth-order valence-electron chi connectivity index (χ4n) is 4.57. The smallest absolute Gasteiger partial charge is 0.227 e. The summed E-state index contributed by atoms with van der Waals surface area (Å²) < 4.78 is 19.3. The van der Waals surface area contributed by atoms with Crippen LogP contribution in [0.4, 0.5) is 4.39 Å². The normalized spacial score (nSPS) is 17.8. The zero-order valence-corrected chi connectivity index (χ0v) is 20.6. The quantitative estimate of drug-likeness (QED) is 0.418. The number of amides is 1. The van der Waals surface area contributed by atoms with Crippen molar-refractivity contribution in [3.8, 4) is 5.75 Å². The minimum absolute atomic E-state index is 0.0869. The Labute approximate surface area is 208 Å². The van der Waals surface area contributed by atoms with Crippen LogP contribution in [0.2, 0.25) is 0 Å². The molecule has 0 radical (unpaired) electrons. The van der Waals surface area contributed by atoms with Crippen molar-refractivity contribution in [1.29, 1.82) is 0 Å². The summed E-state index contributed by atoms with van der Waals surface area (Å²) in [6.07, 6.45) is 2.06. The van der Waals surface area contributed by atoms with Gasteiger partial charge in [-0.2, -0.15) is 0 Å². The molecule has 0 aromatic heterocycles. The number of piperidine rings is 1. The second kappa shape index (κ2) is 12.0. The molecule has 3 aromatic carbocycles. The van der Waals surface area contributed by atoms with Gasteiger partial charge in [0.05, 0.1) is 13.0 Å². The number of carbonyl (C=O) groups excluding carboxylic acids is 1. The van der Waals surface area contributed by atoms with Crippen molar-refractivity contribution in [1.82, 2.24) is 10.2 Å². The van der Waals surface area contributed by atoms with E-state index in [0.29, 0.717) is 25.5 Å². The lowest BCUT2D eigenvalue weighted by Gasteiger charge is -2.38. The number of carbonyl (C=O) groups is 1. The lowest BCUT2D eigenvalue weighted by molar-refractivity contribution is -0.134. The van der Waals surface area contributed by atoms with Crippen molar-refractivity contribution in [2.45, 2.75) is 51.7 Å². The van der Waals surface area contributed by atoms with Gasteiger partial charge in [-0.1, -0.05) is 68.4 Å². The molecule has 184 valence electrons. The van der Waals surface area contributed by atoms with E-state index in [1.165, 1.54) is 17.7 Å². The number of hydrogen-bond donors (Lipinski definition) is 1. The van der Waals surface area contributed by atoms with E-state index < -0.39 is 0 Å². The summed E-state index contributed by atoms with van der Waals surface area (Å²) in [4.78, 5) is 15.6. The Hall–Kier alpha value is -3.18. The van der Waals surface area contributed by atoms with Crippen molar-refractivity contribution in [3.63, 3.8) is 0 Å². The van der Waals surface area contributed by atoms with E-state index in [4.69, 9.17) is 4.74 Å². The third-order valence-corrected chi connectivity index (χ3v) is 6.47. The second-order valence-electron chi connectivity index (χ2n) is 9.77. The van der Waals surface area contributed by atoms with Crippen LogP contribution in [-0.2, 0) is 17.8 Å². The molecular weight excluding hydrogens is 439 g/mol. The van der Waals surface area contributed by atoms with Crippen molar-refractivity contribution in [2.24, 2.45) is 5.92 Å². The van der Waals surface area contributed by atoms with Gasteiger partial charge in [-0.25, -0.2) is 4.39 Å². The summed E-state index contributed by atoms with van der Waals surface area (Å²) in [6.45, 7) is 6.22. The monoisotopic (exact) mass is 474 g/mol. The van der Waals surface area contributed by atoms with Gasteiger partial charge in [-0.15, -0.1) is 0 Å². The summed E-state index contributed by atoms with van der Waals surface area (Å²) in [5.74, 6) is 1.10. The van der Waals surface area contributed by atoms with Crippen LogP contribution in [0.1, 0.15) is 49.4 Å². The molecule has 1 amide bonds. The van der Waals surface area contributed by atoms with Gasteiger partial charge in [0, 0.05) is 18.6 Å². The molecule has 0 spiro atoms. The molecule has 1 aliphatic rings. The first kappa shape index (κ1) is 24.9. The number of benzene rings is 3. The van der Waals surface area contributed by atoms with E-state index in [9.17, 15) is 9.18 Å². The fraction of sp³-hybridized carbons (Fsp3) is 0.367. The van der Waals surface area contributed by atoms with Gasteiger partial charge >= 0.3 is 0 Å². The highest BCUT2D eigenvalue weighted by molar-refractivity contribution is 5.79. The molecule has 1 heterocycles. The number of halogens is 1. The zero-order valence-electron chi connectivity index (χ0n) is 20.6. The highest BCUT2D eigenvalue weighted by Crippen LogP contribution is 2.28. The molecule has 0 unspecified atom stereocenters. The molecule has 2 atom stereocenters. The SMILES string of the molecule is CC(C)COc1ccc(CC(=O)N(Cc2ccc(F)cc2)[C@@H]2CCN[C@H](c3ccccc3)C2)cc1. The summed E-state index contributed by atoms with van der Waals surface area (Å²) in [5.41, 5.74) is 3.14. The summed E-state index contributed by atoms with van der Waals surface area (Å²) in [7, 11) is 0. The molecule has 3 aromatic rings. The van der Waals surface area contributed by atoms with Gasteiger partial charge in [0.15, 0.2) is 0 Å². The maximum atomic E-state index is 13.6. The number of nitrogens with one attached hydrogen (secondary N) is 1. The first-order valence-electron chi connectivity index (χ1n) is 12.5. The van der Waals surface area contributed by atoms with Crippen molar-refractivity contribution in [2.75, 3.05) is 13.2 Å². The Bertz CT molecular complexity index is 1070. The van der Waals surface area contributed by atoms with Gasteiger partial charge in [-0.3, -0.25) is 4.79 Å². The molecule has 1 fully saturated rings. The average molecular weight is 475 g/mol. The van der Waals surface area contributed by atoms with Crippen LogP contribution < -0.4 is 10.1 Å². The third kappa shape index (κ3) is 7.15. The molecular formula is C30H35FN2O2. The molecule has 0 bridgehead atoms. The van der Waals surface area contributed by atoms with E-state index in [0.717, 1.165) is 36.3 Å². The molecule has 0 saturated carbocycles. The topological polar surface area (TPSA) is 41.6 Å². The molecule has 4 rings (SSSR count). The van der Waals surface area contributed by atoms with Crippen molar-refractivity contribution < 1.29 is 13.9 Å². The number of ether oxygens (including phenoxy) is 1. The summed E-state index contributed by atoms with van der Waals surface area (Å²) >= 11 is 0. The standard InChI is InChI=1S/C30H35FN2O2/c1-22(2)21-35-28-14-10-23(11-15-28)18-30(34)33(20-24-8-12-26(31)13-9-24)27-16-17-32-29(19-27)25-6-4-3-5-7-25/h3-15,22,27,29,32H,16-21H2,1-2H3/t27-,29+/m1/s1. The van der Waals surface area contributed by atoms with Crippen LogP contribution in [0.3, 0.4) is 0 Å². The number of rotatable bonds is 9. The largest absolute Gasteiger partial charge is 0.493 e. The Morgan fingerprint density at radius 3 is 2.37 bits per heavy atom. The molecule has 1 saturated heterocycles. The van der Waals surface area contributed by atoms with Crippen LogP contribution in [0.15, 0.2) is 78.9 Å². The van der Waals surface area contributed by atoms with Crippen molar-refractivity contribution in [3.05, 3.63) is 101 Å². The predicted octanol–water partition coefficient (Wildman–Crippen LogP) is 5.93. The third-order valence-electron chi connectivity index (χ3n) is 6.47. The highest BCUT2D eigenvalue weighted by Gasteiger charge is 2.30. The minimum atomic E-state index is -0.266. The lowest BCUT2D eigenvalue weighted by atomic mass is 9.92. The van der Waals surface area contributed by atoms with E-state index in [1.54, 1.807) is 12.1 Å². The molecule has 1 aliphatic heterocycles. The molecule has 4 nitrogen and oxygen atoms in total. The first-order valence-corrected chi connectivity index (χ1v) is 12.5. The van der Waals surface area contributed by atoms with Crippen LogP contribution >= 0.6 is 0 Å². The van der Waals surface area contributed by atoms with Gasteiger partial charge in [0.25, 0.3) is 0 Å². The summed E-state index contributed by atoms with van der Waals surface area (Å²) in [6, 6.07) is 25.0. The van der Waals surface area contributed by atoms with Crippen LogP contribution in [-0.4, -0.2) is 30.0 Å². The predicted molar refractivity (Wildman–Crippen MR) is 138 cm³/mol. The maximum Gasteiger partial charge on any atom is 0.227 e. The van der Waals surface area contributed by atoms with Crippen molar-refractivity contribution >= 4 is 5.91 Å². The van der Waals surface area contributed by atoms with Crippen LogP contribution in [0.25, 0.3) is 0 Å². The fourth-order valence-corrected chi connectivity index (χ4v) is 4.57. The maximum absolute atomic E-state index is 13.6. The molecule has 1 N–H and O–H groups in total. The van der Waals surface area contributed by atoms with Gasteiger partial charge in [0.1, 0.15) is 11.6 Å². The van der Waals surface area contributed by atoms with Crippen LogP contribution in [0, 0.1) is 11.7 Å². The van der Waals surface area contributed by atoms with E-state index >= 15 is 0 Å². The molecule has 35 heavy (non-hydrogen) atoms. The van der Waals surface area contributed by atoms with Gasteiger partial charge < -0.3 is 15.0 Å². The summed E-state index contributed by atoms with van der Waals surface area (Å²) in [5, 5.41) is 3.60. The number of hydrogen-bond acceptors (Lipinski definition) is 3. The van der Waals surface area contributed by atoms with E-state index in [2.05, 4.69) is 43.4 Å². The zero-order chi connectivity index (χ0) is 24.6. The molecule has 5 heteroatoms. The Morgan fingerprint density at radius 1 is 1.00 bits per heavy atom. The number of nitrogens with zero attached hydrogens (tertiary/aromatic N) is 1.